The molecule has 0 fully saturated rings. The minimum atomic E-state index is -0.137. The number of halogens is 2. The number of para-hydroxylation sites is 1. The van der Waals surface area contributed by atoms with Crippen LogP contribution in [0.15, 0.2) is 42.5 Å². The van der Waals surface area contributed by atoms with Crippen LogP contribution in [0.3, 0.4) is 0 Å². The molecule has 0 saturated carbocycles. The van der Waals surface area contributed by atoms with Crippen LogP contribution in [-0.4, -0.2) is 38.0 Å². The molecule has 0 aliphatic heterocycles. The van der Waals surface area contributed by atoms with Gasteiger partial charge < -0.3 is 10.2 Å². The highest BCUT2D eigenvalue weighted by Crippen LogP contribution is 2.29. The number of carbonyl (C=O) groups is 1. The van der Waals surface area contributed by atoms with Crippen molar-refractivity contribution in [1.82, 2.24) is 4.90 Å². The Hall–Kier alpha value is -1.75. The third-order valence-electron chi connectivity index (χ3n) is 3.90. The molecule has 1 amide bonds. The third kappa shape index (κ3) is 5.63. The lowest BCUT2D eigenvalue weighted by Gasteiger charge is -2.21. The van der Waals surface area contributed by atoms with Crippen molar-refractivity contribution in [3.8, 4) is 0 Å². The number of carbonyl (C=O) groups excluding carboxylic acids is 1. The molecule has 0 heterocycles. The molecule has 0 aliphatic carbocycles. The molecule has 0 atom stereocenters. The van der Waals surface area contributed by atoms with Crippen LogP contribution in [0, 0.1) is 0 Å². The third-order valence-corrected chi connectivity index (χ3v) is 4.53. The van der Waals surface area contributed by atoms with Crippen LogP contribution in [0.4, 0.5) is 11.4 Å². The van der Waals surface area contributed by atoms with E-state index in [2.05, 4.69) is 39.4 Å². The molecule has 134 valence electrons. The Morgan fingerprint density at radius 1 is 1.04 bits per heavy atom. The summed E-state index contributed by atoms with van der Waals surface area (Å²) in [4.78, 5) is 16.5. The lowest BCUT2D eigenvalue weighted by atomic mass is 10.2. The van der Waals surface area contributed by atoms with Crippen molar-refractivity contribution in [2.24, 2.45) is 0 Å². The predicted octanol–water partition coefficient (Wildman–Crippen LogP) is 4.52. The second-order valence-electron chi connectivity index (χ2n) is 6.01. The summed E-state index contributed by atoms with van der Waals surface area (Å²) in [5.74, 6) is -0.137. The Kier molecular flexibility index (Phi) is 7.12. The number of hydrogen-bond acceptors (Lipinski definition) is 3. The van der Waals surface area contributed by atoms with Crippen LogP contribution in [0.1, 0.15) is 12.5 Å². The molecule has 0 aromatic heterocycles. The minimum absolute atomic E-state index is 0.137. The van der Waals surface area contributed by atoms with Gasteiger partial charge in [0.05, 0.1) is 22.3 Å². The van der Waals surface area contributed by atoms with Gasteiger partial charge >= 0.3 is 0 Å². The topological polar surface area (TPSA) is 35.6 Å². The number of likely N-dealkylation sites (N-methyl/N-ethyl adjacent to an activating group) is 1. The summed E-state index contributed by atoms with van der Waals surface area (Å²) in [6.45, 7) is 3.77. The fraction of sp³-hybridized carbons (Fsp3) is 0.316. The SMILES string of the molecule is CCN(CC(=O)Nc1c(Cl)cccc1Cl)Cc1ccc(N(C)C)cc1. The number of rotatable bonds is 7. The molecule has 1 N–H and O–H groups in total. The van der Waals surface area contributed by atoms with Gasteiger partial charge in [0.25, 0.3) is 0 Å². The van der Waals surface area contributed by atoms with Crippen LogP contribution in [-0.2, 0) is 11.3 Å². The molecule has 0 spiro atoms. The minimum Gasteiger partial charge on any atom is -0.378 e. The van der Waals surface area contributed by atoms with Crippen molar-refractivity contribution in [2.75, 3.05) is 37.4 Å². The summed E-state index contributed by atoms with van der Waals surface area (Å²) >= 11 is 12.2. The van der Waals surface area contributed by atoms with Gasteiger partial charge in [0, 0.05) is 26.3 Å². The number of benzene rings is 2. The highest BCUT2D eigenvalue weighted by molar-refractivity contribution is 6.39. The lowest BCUT2D eigenvalue weighted by molar-refractivity contribution is -0.117. The zero-order chi connectivity index (χ0) is 18.4. The average Bonchev–Trinajstić information content (AvgIpc) is 2.58. The molecule has 25 heavy (non-hydrogen) atoms. The molecule has 6 heteroatoms. The standard InChI is InChI=1S/C19H23Cl2N3O/c1-4-24(12-14-8-10-15(11-9-14)23(2)3)13-18(25)22-19-16(20)6-5-7-17(19)21/h5-11H,4,12-13H2,1-3H3,(H,22,25). The monoisotopic (exact) mass is 379 g/mol. The fourth-order valence-electron chi connectivity index (χ4n) is 2.44. The van der Waals surface area contributed by atoms with E-state index >= 15 is 0 Å². The van der Waals surface area contributed by atoms with Crippen molar-refractivity contribution in [2.45, 2.75) is 13.5 Å². The number of nitrogens with zero attached hydrogens (tertiary/aromatic N) is 2. The second kappa shape index (κ2) is 9.09. The first-order valence-electron chi connectivity index (χ1n) is 8.13. The van der Waals surface area contributed by atoms with Crippen molar-refractivity contribution in [1.29, 1.82) is 0 Å². The quantitative estimate of drug-likeness (QED) is 0.767. The predicted molar refractivity (Wildman–Crippen MR) is 107 cm³/mol. The number of hydrogen-bond donors (Lipinski definition) is 1. The van der Waals surface area contributed by atoms with Crippen LogP contribution in [0.2, 0.25) is 10.0 Å². The summed E-state index contributed by atoms with van der Waals surface area (Å²) in [6.07, 6.45) is 0. The largest absolute Gasteiger partial charge is 0.378 e. The van der Waals surface area contributed by atoms with E-state index in [1.807, 2.05) is 21.0 Å². The van der Waals surface area contributed by atoms with Crippen LogP contribution in [0.25, 0.3) is 0 Å². The maximum absolute atomic E-state index is 12.3. The van der Waals surface area contributed by atoms with Crippen molar-refractivity contribution >= 4 is 40.5 Å². The van der Waals surface area contributed by atoms with Gasteiger partial charge in [-0.15, -0.1) is 0 Å². The van der Waals surface area contributed by atoms with Crippen LogP contribution >= 0.6 is 23.2 Å². The summed E-state index contributed by atoms with van der Waals surface area (Å²) in [7, 11) is 4.02. The van der Waals surface area contributed by atoms with Crippen molar-refractivity contribution in [3.05, 3.63) is 58.1 Å². The van der Waals surface area contributed by atoms with E-state index in [4.69, 9.17) is 23.2 Å². The van der Waals surface area contributed by atoms with E-state index in [0.29, 0.717) is 22.3 Å². The number of anilines is 2. The van der Waals surface area contributed by atoms with Gasteiger partial charge in [-0.2, -0.15) is 0 Å². The van der Waals surface area contributed by atoms with Gasteiger partial charge in [0.15, 0.2) is 0 Å². The fourth-order valence-corrected chi connectivity index (χ4v) is 2.93. The van der Waals surface area contributed by atoms with Crippen molar-refractivity contribution in [3.63, 3.8) is 0 Å². The summed E-state index contributed by atoms with van der Waals surface area (Å²) < 4.78 is 0. The normalized spacial score (nSPS) is 10.8. The Morgan fingerprint density at radius 2 is 1.64 bits per heavy atom. The zero-order valence-electron chi connectivity index (χ0n) is 14.7. The molecule has 0 radical (unpaired) electrons. The Labute approximate surface area is 159 Å². The van der Waals surface area contributed by atoms with E-state index in [1.165, 1.54) is 0 Å². The molecule has 4 nitrogen and oxygen atoms in total. The molecule has 0 aliphatic rings. The Bertz CT molecular complexity index is 697. The average molecular weight is 380 g/mol. The summed E-state index contributed by atoms with van der Waals surface area (Å²) in [6, 6.07) is 13.5. The Morgan fingerprint density at radius 3 is 2.16 bits per heavy atom. The smallest absolute Gasteiger partial charge is 0.238 e. The first-order chi connectivity index (χ1) is 11.9. The molecule has 0 bridgehead atoms. The maximum Gasteiger partial charge on any atom is 0.238 e. The van der Waals surface area contributed by atoms with Gasteiger partial charge in [0.1, 0.15) is 0 Å². The van der Waals surface area contributed by atoms with Gasteiger partial charge in [-0.05, 0) is 36.4 Å². The van der Waals surface area contributed by atoms with Crippen LogP contribution < -0.4 is 10.2 Å². The molecule has 0 saturated heterocycles. The maximum atomic E-state index is 12.3. The molecular formula is C19H23Cl2N3O. The molecule has 0 unspecified atom stereocenters. The number of nitrogens with one attached hydrogen (secondary N) is 1. The molecule has 2 rings (SSSR count). The van der Waals surface area contributed by atoms with E-state index in [9.17, 15) is 4.79 Å². The van der Waals surface area contributed by atoms with Crippen molar-refractivity contribution < 1.29 is 4.79 Å². The van der Waals surface area contributed by atoms with Gasteiger partial charge in [-0.25, -0.2) is 0 Å². The van der Waals surface area contributed by atoms with E-state index in [0.717, 1.165) is 17.8 Å². The summed E-state index contributed by atoms with van der Waals surface area (Å²) in [5.41, 5.74) is 2.77. The van der Waals surface area contributed by atoms with E-state index in [-0.39, 0.29) is 12.5 Å². The van der Waals surface area contributed by atoms with Gasteiger partial charge in [-0.1, -0.05) is 48.3 Å². The Balaban J connectivity index is 1.98. The van der Waals surface area contributed by atoms with Crippen LogP contribution in [0.5, 0.6) is 0 Å². The zero-order valence-corrected chi connectivity index (χ0v) is 16.2. The first-order valence-corrected chi connectivity index (χ1v) is 8.88. The first kappa shape index (κ1) is 19.6. The molecular weight excluding hydrogens is 357 g/mol. The number of amides is 1. The highest BCUT2D eigenvalue weighted by atomic mass is 35.5. The molecule has 2 aromatic rings. The van der Waals surface area contributed by atoms with E-state index in [1.54, 1.807) is 18.2 Å². The molecule has 2 aromatic carbocycles. The van der Waals surface area contributed by atoms with Gasteiger partial charge in [0.2, 0.25) is 5.91 Å². The lowest BCUT2D eigenvalue weighted by Crippen LogP contribution is -2.32. The van der Waals surface area contributed by atoms with E-state index < -0.39 is 0 Å². The second-order valence-corrected chi connectivity index (χ2v) is 6.82. The summed E-state index contributed by atoms with van der Waals surface area (Å²) in [5, 5.41) is 3.67. The highest BCUT2D eigenvalue weighted by Gasteiger charge is 2.13. The van der Waals surface area contributed by atoms with Gasteiger partial charge in [-0.3, -0.25) is 9.69 Å².